The third-order valence-electron chi connectivity index (χ3n) is 2.32. The second-order valence-corrected chi connectivity index (χ2v) is 4.44. The van der Waals surface area contributed by atoms with E-state index in [1.54, 1.807) is 0 Å². The molecule has 0 spiro atoms. The van der Waals surface area contributed by atoms with Crippen molar-refractivity contribution in [3.8, 4) is 0 Å². The van der Waals surface area contributed by atoms with Gasteiger partial charge < -0.3 is 5.32 Å². The molecule has 0 aliphatic heterocycles. The van der Waals surface area contributed by atoms with Gasteiger partial charge in [0.15, 0.2) is 0 Å². The molecule has 6 heteroatoms. The topological polar surface area (TPSA) is 72.2 Å². The summed E-state index contributed by atoms with van der Waals surface area (Å²) in [5, 5.41) is 13.3. The summed E-state index contributed by atoms with van der Waals surface area (Å²) < 4.78 is 0. The maximum atomic E-state index is 11.7. The summed E-state index contributed by atoms with van der Waals surface area (Å²) in [6, 6.07) is 2.97. The molecule has 1 amide bonds. The highest BCUT2D eigenvalue weighted by molar-refractivity contribution is 7.17. The highest BCUT2D eigenvalue weighted by Crippen LogP contribution is 2.23. The number of carbonyl (C=O) groups is 1. The van der Waals surface area contributed by atoms with Gasteiger partial charge >= 0.3 is 5.00 Å². The van der Waals surface area contributed by atoms with Crippen molar-refractivity contribution in [2.45, 2.75) is 32.7 Å². The molecule has 1 aromatic rings. The first-order valence-corrected chi connectivity index (χ1v) is 5.95. The van der Waals surface area contributed by atoms with Gasteiger partial charge in [0.2, 0.25) is 0 Å². The lowest BCUT2D eigenvalue weighted by Gasteiger charge is -2.13. The Balaban J connectivity index is 2.69. The van der Waals surface area contributed by atoms with Crippen LogP contribution in [0.5, 0.6) is 0 Å². The Morgan fingerprint density at radius 3 is 2.56 bits per heavy atom. The van der Waals surface area contributed by atoms with Gasteiger partial charge in [-0.2, -0.15) is 0 Å². The van der Waals surface area contributed by atoms with Crippen LogP contribution in [0.1, 0.15) is 36.4 Å². The standard InChI is InChI=1S/C10H14N2O3S/c1-3-7(4-2)11-10(13)8-5-6-9(16-8)12(14)15/h5-7H,3-4H2,1-2H3,(H,11,13). The van der Waals surface area contributed by atoms with E-state index in [0.29, 0.717) is 4.88 Å². The largest absolute Gasteiger partial charge is 0.349 e. The van der Waals surface area contributed by atoms with Crippen LogP contribution in [0.4, 0.5) is 5.00 Å². The predicted octanol–water partition coefficient (Wildman–Crippen LogP) is 2.57. The molecular formula is C10H14N2O3S. The van der Waals surface area contributed by atoms with Crippen molar-refractivity contribution in [2.24, 2.45) is 0 Å². The summed E-state index contributed by atoms with van der Waals surface area (Å²) in [5.41, 5.74) is 0. The molecule has 0 fully saturated rings. The van der Waals surface area contributed by atoms with Crippen LogP contribution in [-0.4, -0.2) is 16.9 Å². The summed E-state index contributed by atoms with van der Waals surface area (Å²) in [6.45, 7) is 3.98. The Kier molecular flexibility index (Phi) is 4.42. The number of amides is 1. The smallest absolute Gasteiger partial charge is 0.324 e. The molecule has 88 valence electrons. The minimum Gasteiger partial charge on any atom is -0.349 e. The van der Waals surface area contributed by atoms with E-state index in [0.717, 1.165) is 24.2 Å². The van der Waals surface area contributed by atoms with Gasteiger partial charge in [-0.05, 0) is 18.9 Å². The van der Waals surface area contributed by atoms with Crippen LogP contribution in [-0.2, 0) is 0 Å². The zero-order chi connectivity index (χ0) is 12.1. The number of nitrogens with one attached hydrogen (secondary N) is 1. The number of nitro groups is 1. The average molecular weight is 242 g/mol. The third-order valence-corrected chi connectivity index (χ3v) is 3.35. The maximum absolute atomic E-state index is 11.7. The van der Waals surface area contributed by atoms with E-state index >= 15 is 0 Å². The van der Waals surface area contributed by atoms with Crippen LogP contribution in [0.15, 0.2) is 12.1 Å². The second-order valence-electron chi connectivity index (χ2n) is 3.38. The van der Waals surface area contributed by atoms with E-state index in [-0.39, 0.29) is 17.0 Å². The van der Waals surface area contributed by atoms with Gasteiger partial charge in [0, 0.05) is 12.1 Å². The van der Waals surface area contributed by atoms with E-state index < -0.39 is 4.92 Å². The van der Waals surface area contributed by atoms with Crippen molar-refractivity contribution >= 4 is 22.2 Å². The van der Waals surface area contributed by atoms with Crippen LogP contribution in [0.25, 0.3) is 0 Å². The highest BCUT2D eigenvalue weighted by Gasteiger charge is 2.16. The molecule has 0 aliphatic carbocycles. The molecule has 0 aromatic carbocycles. The Morgan fingerprint density at radius 1 is 1.50 bits per heavy atom. The van der Waals surface area contributed by atoms with Crippen molar-refractivity contribution in [3.63, 3.8) is 0 Å². The third kappa shape index (κ3) is 3.03. The molecule has 1 heterocycles. The molecule has 16 heavy (non-hydrogen) atoms. The molecule has 0 bridgehead atoms. The van der Waals surface area contributed by atoms with Crippen LogP contribution in [0, 0.1) is 10.1 Å². The van der Waals surface area contributed by atoms with Crippen LogP contribution in [0.3, 0.4) is 0 Å². The Morgan fingerprint density at radius 2 is 2.12 bits per heavy atom. The minimum atomic E-state index is -0.488. The molecule has 1 N–H and O–H groups in total. The fourth-order valence-electron chi connectivity index (χ4n) is 1.30. The summed E-state index contributed by atoms with van der Waals surface area (Å²) in [7, 11) is 0. The van der Waals surface area contributed by atoms with Gasteiger partial charge in [0.25, 0.3) is 5.91 Å². The molecule has 1 rings (SSSR count). The Hall–Kier alpha value is -1.43. The second kappa shape index (κ2) is 5.60. The van der Waals surface area contributed by atoms with Gasteiger partial charge in [-0.15, -0.1) is 0 Å². The van der Waals surface area contributed by atoms with Crippen molar-refractivity contribution in [2.75, 3.05) is 0 Å². The first-order chi connectivity index (χ1) is 7.58. The van der Waals surface area contributed by atoms with Crippen molar-refractivity contribution in [3.05, 3.63) is 27.1 Å². The van der Waals surface area contributed by atoms with E-state index in [4.69, 9.17) is 0 Å². The molecule has 0 unspecified atom stereocenters. The van der Waals surface area contributed by atoms with Gasteiger partial charge in [-0.25, -0.2) is 0 Å². The summed E-state index contributed by atoms with van der Waals surface area (Å²) in [4.78, 5) is 22.0. The number of hydrogen-bond donors (Lipinski definition) is 1. The van der Waals surface area contributed by atoms with Crippen LogP contribution < -0.4 is 5.32 Å². The molecule has 0 saturated heterocycles. The first-order valence-electron chi connectivity index (χ1n) is 5.13. The number of thiophene rings is 1. The van der Waals surface area contributed by atoms with Gasteiger partial charge in [-0.3, -0.25) is 14.9 Å². The lowest BCUT2D eigenvalue weighted by Crippen LogP contribution is -2.33. The SMILES string of the molecule is CCC(CC)NC(=O)c1ccc([N+](=O)[O-])s1. The number of carbonyl (C=O) groups excluding carboxylic acids is 1. The molecule has 0 atom stereocenters. The summed E-state index contributed by atoms with van der Waals surface area (Å²) in [6.07, 6.45) is 1.71. The average Bonchev–Trinajstić information content (AvgIpc) is 2.74. The van der Waals surface area contributed by atoms with E-state index in [1.165, 1.54) is 12.1 Å². The molecule has 0 saturated carbocycles. The van der Waals surface area contributed by atoms with Gasteiger partial charge in [0.1, 0.15) is 0 Å². The van der Waals surface area contributed by atoms with Crippen LogP contribution >= 0.6 is 11.3 Å². The minimum absolute atomic E-state index is 0.00491. The quantitative estimate of drug-likeness (QED) is 0.637. The molecular weight excluding hydrogens is 228 g/mol. The monoisotopic (exact) mass is 242 g/mol. The number of nitrogens with zero attached hydrogens (tertiary/aromatic N) is 1. The molecule has 0 radical (unpaired) electrons. The van der Waals surface area contributed by atoms with Crippen molar-refractivity contribution in [1.29, 1.82) is 0 Å². The lowest BCUT2D eigenvalue weighted by molar-refractivity contribution is -0.380. The zero-order valence-corrected chi connectivity index (χ0v) is 10.0. The fraction of sp³-hybridized carbons (Fsp3) is 0.500. The van der Waals surface area contributed by atoms with E-state index in [9.17, 15) is 14.9 Å². The van der Waals surface area contributed by atoms with Gasteiger partial charge in [-0.1, -0.05) is 25.2 Å². The van der Waals surface area contributed by atoms with Gasteiger partial charge in [0.05, 0.1) is 9.80 Å². The summed E-state index contributed by atoms with van der Waals surface area (Å²) >= 11 is 0.901. The normalized spacial score (nSPS) is 10.4. The highest BCUT2D eigenvalue weighted by atomic mass is 32.1. The maximum Gasteiger partial charge on any atom is 0.324 e. The van der Waals surface area contributed by atoms with E-state index in [2.05, 4.69) is 5.32 Å². The Labute approximate surface area is 97.6 Å². The number of rotatable bonds is 5. The molecule has 1 aromatic heterocycles. The van der Waals surface area contributed by atoms with Crippen LogP contribution in [0.2, 0.25) is 0 Å². The molecule has 0 aliphatic rings. The first kappa shape index (κ1) is 12.6. The summed E-state index contributed by atoms with van der Waals surface area (Å²) in [5.74, 6) is -0.230. The Bertz CT molecular complexity index is 385. The molecule has 5 nitrogen and oxygen atoms in total. The van der Waals surface area contributed by atoms with E-state index in [1.807, 2.05) is 13.8 Å². The predicted molar refractivity (Wildman–Crippen MR) is 62.8 cm³/mol. The lowest BCUT2D eigenvalue weighted by atomic mass is 10.2. The fourth-order valence-corrected chi connectivity index (χ4v) is 2.02. The zero-order valence-electron chi connectivity index (χ0n) is 9.23. The number of hydrogen-bond acceptors (Lipinski definition) is 4. The van der Waals surface area contributed by atoms with Crippen molar-refractivity contribution in [1.82, 2.24) is 5.32 Å². The van der Waals surface area contributed by atoms with Crippen molar-refractivity contribution < 1.29 is 9.72 Å².